The van der Waals surface area contributed by atoms with Crippen LogP contribution in [-0.4, -0.2) is 35.9 Å². The maximum Gasteiger partial charge on any atom is 0.418 e. The van der Waals surface area contributed by atoms with E-state index < -0.39 is 36.7 Å². The number of H-pyrrole nitrogens is 1. The van der Waals surface area contributed by atoms with Gasteiger partial charge in [-0.2, -0.15) is 13.2 Å². The van der Waals surface area contributed by atoms with Gasteiger partial charge in [0.05, 0.1) is 35.5 Å². The van der Waals surface area contributed by atoms with Crippen LogP contribution < -0.4 is 16.0 Å². The van der Waals surface area contributed by atoms with E-state index in [4.69, 9.17) is 9.05 Å². The molecule has 0 radical (unpaired) electrons. The molecule has 0 atom stereocenters. The standard InChI is InChI=1S/C20H27F3N3O5P/c1-3-30-32(29,31-4-2)13-26-17-12-16(25-9-7-5-6-8-10-25)14(20(21,22)23)11-15(17)24-18(27)19(26)28/h11-12H,3-10,13H2,1-2H3,(H,24,27). The summed E-state index contributed by atoms with van der Waals surface area (Å²) in [5.41, 5.74) is -3.28. The Balaban J connectivity index is 2.27. The average molecular weight is 477 g/mol. The summed E-state index contributed by atoms with van der Waals surface area (Å²) >= 11 is 0. The van der Waals surface area contributed by atoms with Crippen LogP contribution >= 0.6 is 7.60 Å². The Labute approximate surface area is 182 Å². The number of rotatable bonds is 7. The third-order valence-corrected chi connectivity index (χ3v) is 7.24. The van der Waals surface area contributed by atoms with Gasteiger partial charge in [-0.3, -0.25) is 18.7 Å². The quantitative estimate of drug-likeness (QED) is 0.472. The van der Waals surface area contributed by atoms with Crippen molar-refractivity contribution in [2.24, 2.45) is 0 Å². The first kappa shape index (κ1) is 24.5. The van der Waals surface area contributed by atoms with E-state index in [1.165, 1.54) is 6.07 Å². The summed E-state index contributed by atoms with van der Waals surface area (Å²) in [5.74, 6) is 0. The van der Waals surface area contributed by atoms with Crippen LogP contribution in [0.2, 0.25) is 0 Å². The highest BCUT2D eigenvalue weighted by Gasteiger charge is 2.36. The van der Waals surface area contributed by atoms with Crippen molar-refractivity contribution in [2.75, 3.05) is 31.2 Å². The zero-order chi connectivity index (χ0) is 23.5. The fourth-order valence-electron chi connectivity index (χ4n) is 3.93. The molecule has 0 aliphatic carbocycles. The molecule has 32 heavy (non-hydrogen) atoms. The van der Waals surface area contributed by atoms with Gasteiger partial charge >= 0.3 is 24.9 Å². The molecule has 0 unspecified atom stereocenters. The normalized spacial score (nSPS) is 15.8. The number of alkyl halides is 3. The van der Waals surface area contributed by atoms with Crippen molar-refractivity contribution >= 4 is 24.3 Å². The highest BCUT2D eigenvalue weighted by atomic mass is 31.2. The Bertz CT molecular complexity index is 1110. The summed E-state index contributed by atoms with van der Waals surface area (Å²) in [5, 5.41) is 0. The van der Waals surface area contributed by atoms with Crippen molar-refractivity contribution in [2.45, 2.75) is 52.0 Å². The lowest BCUT2D eigenvalue weighted by molar-refractivity contribution is -0.137. The molecule has 1 fully saturated rings. The van der Waals surface area contributed by atoms with Crippen LogP contribution in [0.4, 0.5) is 18.9 Å². The highest BCUT2D eigenvalue weighted by molar-refractivity contribution is 7.52. The second-order valence-electron chi connectivity index (χ2n) is 7.56. The molecular weight excluding hydrogens is 450 g/mol. The molecule has 1 N–H and O–H groups in total. The Morgan fingerprint density at radius 2 is 1.62 bits per heavy atom. The van der Waals surface area contributed by atoms with Gasteiger partial charge in [0.25, 0.3) is 0 Å². The maximum atomic E-state index is 13.9. The van der Waals surface area contributed by atoms with Crippen LogP contribution in [0.5, 0.6) is 0 Å². The largest absolute Gasteiger partial charge is 0.418 e. The van der Waals surface area contributed by atoms with E-state index in [1.54, 1.807) is 18.7 Å². The zero-order valence-corrected chi connectivity index (χ0v) is 18.9. The summed E-state index contributed by atoms with van der Waals surface area (Å²) in [6, 6.07) is 2.07. The molecule has 1 aromatic carbocycles. The minimum Gasteiger partial charge on any atom is -0.371 e. The number of halogens is 3. The van der Waals surface area contributed by atoms with Gasteiger partial charge in [-0.05, 0) is 38.8 Å². The van der Waals surface area contributed by atoms with E-state index >= 15 is 0 Å². The number of hydrogen-bond donors (Lipinski definition) is 1. The predicted molar refractivity (Wildman–Crippen MR) is 115 cm³/mol. The fraction of sp³-hybridized carbons (Fsp3) is 0.600. The second kappa shape index (κ2) is 9.80. The first-order chi connectivity index (χ1) is 15.1. The maximum absolute atomic E-state index is 13.9. The predicted octanol–water partition coefficient (Wildman–Crippen LogP) is 4.31. The lowest BCUT2D eigenvalue weighted by atomic mass is 10.1. The Morgan fingerprint density at radius 3 is 2.16 bits per heavy atom. The van der Waals surface area contributed by atoms with Crippen LogP contribution in [-0.2, 0) is 26.1 Å². The van der Waals surface area contributed by atoms with Crippen molar-refractivity contribution in [3.63, 3.8) is 0 Å². The molecule has 0 amide bonds. The Morgan fingerprint density at radius 1 is 1.03 bits per heavy atom. The second-order valence-corrected chi connectivity index (χ2v) is 9.58. The van der Waals surface area contributed by atoms with Crippen LogP contribution in [0.25, 0.3) is 11.0 Å². The van der Waals surface area contributed by atoms with Gasteiger partial charge < -0.3 is 18.9 Å². The summed E-state index contributed by atoms with van der Waals surface area (Å²) in [4.78, 5) is 28.7. The molecule has 1 aliphatic rings. The number of aromatic nitrogens is 2. The van der Waals surface area contributed by atoms with Crippen molar-refractivity contribution < 1.29 is 26.8 Å². The number of benzene rings is 1. The number of fused-ring (bicyclic) bond motifs is 1. The van der Waals surface area contributed by atoms with Gasteiger partial charge in [0.15, 0.2) is 0 Å². The van der Waals surface area contributed by atoms with Crippen LogP contribution in [0.1, 0.15) is 45.1 Å². The number of aromatic amines is 1. The number of nitrogens with zero attached hydrogens (tertiary/aromatic N) is 2. The highest BCUT2D eigenvalue weighted by Crippen LogP contribution is 2.50. The van der Waals surface area contributed by atoms with E-state index in [-0.39, 0.29) is 29.9 Å². The molecule has 0 saturated carbocycles. The summed E-state index contributed by atoms with van der Waals surface area (Å²) in [6.07, 6.45) is -1.90. The lowest BCUT2D eigenvalue weighted by Crippen LogP contribution is -2.37. The van der Waals surface area contributed by atoms with E-state index in [2.05, 4.69) is 4.98 Å². The molecule has 1 aliphatic heterocycles. The Hall–Kier alpha value is -2.10. The molecule has 2 heterocycles. The van der Waals surface area contributed by atoms with Gasteiger partial charge in [-0.15, -0.1) is 0 Å². The van der Waals surface area contributed by atoms with Crippen molar-refractivity contribution in [3.05, 3.63) is 38.4 Å². The topological polar surface area (TPSA) is 93.6 Å². The summed E-state index contributed by atoms with van der Waals surface area (Å²) in [7, 11) is -3.82. The Kier molecular flexibility index (Phi) is 7.52. The van der Waals surface area contributed by atoms with Gasteiger partial charge in [0, 0.05) is 13.1 Å². The zero-order valence-electron chi connectivity index (χ0n) is 18.0. The summed E-state index contributed by atoms with van der Waals surface area (Å²) < 4.78 is 66.1. The van der Waals surface area contributed by atoms with Gasteiger partial charge in [-0.1, -0.05) is 12.8 Å². The van der Waals surface area contributed by atoms with Crippen molar-refractivity contribution in [3.8, 4) is 0 Å². The average Bonchev–Trinajstić information content (AvgIpc) is 3.00. The molecule has 8 nitrogen and oxygen atoms in total. The van der Waals surface area contributed by atoms with E-state index in [1.807, 2.05) is 0 Å². The van der Waals surface area contributed by atoms with E-state index in [9.17, 15) is 27.3 Å². The molecular formula is C20H27F3N3O5P. The van der Waals surface area contributed by atoms with E-state index in [0.717, 1.165) is 36.3 Å². The monoisotopic (exact) mass is 477 g/mol. The number of nitrogens with one attached hydrogen (secondary N) is 1. The van der Waals surface area contributed by atoms with Crippen LogP contribution in [0, 0.1) is 0 Å². The SMILES string of the molecule is CCOP(=O)(Cn1c(=O)c(=O)[nH]c2cc(C(F)(F)F)c(N3CCCCCC3)cc21)OCC. The van der Waals surface area contributed by atoms with Crippen molar-refractivity contribution in [1.82, 2.24) is 9.55 Å². The number of anilines is 1. The van der Waals surface area contributed by atoms with Gasteiger partial charge in [-0.25, -0.2) is 0 Å². The fourth-order valence-corrected chi connectivity index (χ4v) is 5.59. The molecule has 12 heteroatoms. The van der Waals surface area contributed by atoms with Gasteiger partial charge in [0.1, 0.15) is 6.29 Å². The molecule has 3 rings (SSSR count). The molecule has 0 bridgehead atoms. The molecule has 0 spiro atoms. The third kappa shape index (κ3) is 5.27. The molecule has 1 aromatic heterocycles. The van der Waals surface area contributed by atoms with Crippen molar-refractivity contribution in [1.29, 1.82) is 0 Å². The molecule has 2 aromatic rings. The first-order valence-corrected chi connectivity index (χ1v) is 12.3. The minimum absolute atomic E-state index is 0.0291. The van der Waals surface area contributed by atoms with Gasteiger partial charge in [0.2, 0.25) is 0 Å². The molecule has 1 saturated heterocycles. The van der Waals surface area contributed by atoms with Crippen LogP contribution in [0.15, 0.2) is 21.7 Å². The lowest BCUT2D eigenvalue weighted by Gasteiger charge is -2.27. The molecule has 178 valence electrons. The number of hydrogen-bond acceptors (Lipinski definition) is 6. The summed E-state index contributed by atoms with van der Waals surface area (Å²) in [6.45, 7) is 4.14. The minimum atomic E-state index is -4.67. The van der Waals surface area contributed by atoms with Crippen LogP contribution in [0.3, 0.4) is 0 Å². The first-order valence-electron chi connectivity index (χ1n) is 10.6. The smallest absolute Gasteiger partial charge is 0.371 e. The third-order valence-electron chi connectivity index (χ3n) is 5.31. The van der Waals surface area contributed by atoms with E-state index in [0.29, 0.717) is 13.1 Å².